The molecule has 4 heteroatoms. The van der Waals surface area contributed by atoms with Gasteiger partial charge in [0.15, 0.2) is 0 Å². The smallest absolute Gasteiger partial charge is 0.233 e. The largest absolute Gasteiger partial charge is 0.314 e. The number of carbonyl (C=O) groups is 2. The molecule has 4 nitrogen and oxygen atoms in total. The lowest BCUT2D eigenvalue weighted by Gasteiger charge is -2.18. The highest BCUT2D eigenvalue weighted by molar-refractivity contribution is 6.05. The van der Waals surface area contributed by atoms with E-state index in [9.17, 15) is 9.59 Å². The Hall–Kier alpha value is -0.900. The maximum atomic E-state index is 12.3. The van der Waals surface area contributed by atoms with E-state index in [1.807, 2.05) is 0 Å². The molecule has 0 aromatic rings. The van der Waals surface area contributed by atoms with Crippen LogP contribution in [0.3, 0.4) is 0 Å². The van der Waals surface area contributed by atoms with Crippen LogP contribution >= 0.6 is 0 Å². The highest BCUT2D eigenvalue weighted by Gasteiger charge is 2.51. The third-order valence-electron chi connectivity index (χ3n) is 5.06. The van der Waals surface area contributed by atoms with Gasteiger partial charge in [-0.2, -0.15) is 0 Å². The minimum absolute atomic E-state index is 0.00658. The van der Waals surface area contributed by atoms with Crippen molar-refractivity contribution in [2.24, 2.45) is 17.8 Å². The van der Waals surface area contributed by atoms with Gasteiger partial charge in [-0.05, 0) is 51.0 Å². The normalized spacial score (nSPS) is 38.3. The lowest BCUT2D eigenvalue weighted by molar-refractivity contribution is -0.140. The Balaban J connectivity index is 1.51. The molecule has 1 aliphatic carbocycles. The van der Waals surface area contributed by atoms with E-state index in [2.05, 4.69) is 12.2 Å². The summed E-state index contributed by atoms with van der Waals surface area (Å²) in [5.74, 6) is 0.768. The molecule has 3 rings (SSSR count). The molecule has 0 spiro atoms. The van der Waals surface area contributed by atoms with Crippen LogP contribution in [-0.2, 0) is 9.59 Å². The predicted molar refractivity (Wildman–Crippen MR) is 72.4 cm³/mol. The maximum Gasteiger partial charge on any atom is 0.233 e. The molecule has 3 unspecified atom stereocenters. The molecule has 3 aliphatic rings. The van der Waals surface area contributed by atoms with Crippen molar-refractivity contribution < 1.29 is 9.59 Å². The van der Waals surface area contributed by atoms with Crippen molar-refractivity contribution in [1.29, 1.82) is 0 Å². The van der Waals surface area contributed by atoms with Gasteiger partial charge in [-0.15, -0.1) is 0 Å². The quantitative estimate of drug-likeness (QED) is 0.784. The van der Waals surface area contributed by atoms with Crippen LogP contribution in [0.5, 0.6) is 0 Å². The average Bonchev–Trinajstić information content (AvgIpc) is 3.05. The Labute approximate surface area is 114 Å². The topological polar surface area (TPSA) is 49.4 Å². The number of rotatable bonds is 4. The molecule has 0 radical (unpaired) electrons. The van der Waals surface area contributed by atoms with Gasteiger partial charge in [-0.25, -0.2) is 0 Å². The molecule has 106 valence electrons. The van der Waals surface area contributed by atoms with E-state index in [0.29, 0.717) is 18.5 Å². The molecule has 2 aliphatic heterocycles. The number of nitrogens with zero attached hydrogens (tertiary/aromatic N) is 1. The number of nitrogens with one attached hydrogen (secondary N) is 1. The number of hydrogen-bond donors (Lipinski definition) is 1. The lowest BCUT2D eigenvalue weighted by Crippen LogP contribution is -2.34. The summed E-state index contributed by atoms with van der Waals surface area (Å²) >= 11 is 0. The first-order chi connectivity index (χ1) is 9.16. The van der Waals surface area contributed by atoms with Crippen LogP contribution in [0, 0.1) is 17.8 Å². The fourth-order valence-electron chi connectivity index (χ4n) is 4.07. The van der Waals surface area contributed by atoms with Crippen molar-refractivity contribution in [3.63, 3.8) is 0 Å². The Morgan fingerprint density at radius 2 is 1.89 bits per heavy atom. The standard InChI is InChI=1S/C15H24N2O2/c1-10-8-12-13(9-10)15(19)17(14(12)18)7-3-5-11-4-2-6-16-11/h10-13,16H,2-9H2,1H3. The van der Waals surface area contributed by atoms with Gasteiger partial charge in [0.25, 0.3) is 0 Å². The Kier molecular flexibility index (Phi) is 3.61. The van der Waals surface area contributed by atoms with Crippen molar-refractivity contribution in [1.82, 2.24) is 10.2 Å². The molecule has 3 atom stereocenters. The zero-order chi connectivity index (χ0) is 13.4. The summed E-state index contributed by atoms with van der Waals surface area (Å²) in [5.41, 5.74) is 0. The lowest BCUT2D eigenvalue weighted by atomic mass is 10.00. The summed E-state index contributed by atoms with van der Waals surface area (Å²) in [4.78, 5) is 26.1. The first-order valence-electron chi connectivity index (χ1n) is 7.75. The maximum absolute atomic E-state index is 12.3. The molecule has 19 heavy (non-hydrogen) atoms. The van der Waals surface area contributed by atoms with Crippen molar-refractivity contribution in [3.8, 4) is 0 Å². The van der Waals surface area contributed by atoms with E-state index < -0.39 is 0 Å². The minimum atomic E-state index is 0.00658. The highest BCUT2D eigenvalue weighted by atomic mass is 16.2. The van der Waals surface area contributed by atoms with Crippen LogP contribution in [0.4, 0.5) is 0 Å². The van der Waals surface area contributed by atoms with Gasteiger partial charge >= 0.3 is 0 Å². The number of amides is 2. The van der Waals surface area contributed by atoms with Crippen molar-refractivity contribution in [3.05, 3.63) is 0 Å². The van der Waals surface area contributed by atoms with E-state index in [1.54, 1.807) is 4.90 Å². The molecule has 2 saturated heterocycles. The van der Waals surface area contributed by atoms with E-state index in [1.165, 1.54) is 12.8 Å². The monoisotopic (exact) mass is 264 g/mol. The SMILES string of the molecule is CC1CC2C(=O)N(CCCC3CCCN3)C(=O)C2C1. The predicted octanol–water partition coefficient (Wildman–Crippen LogP) is 1.55. The average molecular weight is 264 g/mol. The van der Waals surface area contributed by atoms with Crippen LogP contribution in [0.2, 0.25) is 0 Å². The second kappa shape index (κ2) is 5.23. The van der Waals surface area contributed by atoms with Gasteiger partial charge in [0.2, 0.25) is 11.8 Å². The Morgan fingerprint density at radius 1 is 1.21 bits per heavy atom. The third kappa shape index (κ3) is 2.42. The molecule has 0 bridgehead atoms. The first kappa shape index (κ1) is 13.1. The van der Waals surface area contributed by atoms with Crippen LogP contribution in [0.15, 0.2) is 0 Å². The number of imide groups is 1. The molecule has 1 saturated carbocycles. The Bertz CT molecular complexity index is 352. The van der Waals surface area contributed by atoms with Crippen molar-refractivity contribution >= 4 is 11.8 Å². The second-order valence-electron chi connectivity index (χ2n) is 6.55. The van der Waals surface area contributed by atoms with Gasteiger partial charge in [0, 0.05) is 12.6 Å². The zero-order valence-electron chi connectivity index (χ0n) is 11.7. The van der Waals surface area contributed by atoms with Gasteiger partial charge in [-0.3, -0.25) is 14.5 Å². The molecule has 0 aromatic heterocycles. The second-order valence-corrected chi connectivity index (χ2v) is 6.55. The fourth-order valence-corrected chi connectivity index (χ4v) is 4.07. The number of carbonyl (C=O) groups excluding carboxylic acids is 2. The van der Waals surface area contributed by atoms with E-state index in [0.717, 1.165) is 32.2 Å². The van der Waals surface area contributed by atoms with Crippen molar-refractivity contribution in [2.75, 3.05) is 13.1 Å². The molecule has 3 fully saturated rings. The van der Waals surface area contributed by atoms with Crippen LogP contribution in [0.1, 0.15) is 45.4 Å². The van der Waals surface area contributed by atoms with E-state index in [4.69, 9.17) is 0 Å². The van der Waals surface area contributed by atoms with Crippen LogP contribution in [-0.4, -0.2) is 35.8 Å². The minimum Gasteiger partial charge on any atom is -0.314 e. The molecule has 2 heterocycles. The molecular weight excluding hydrogens is 240 g/mol. The Morgan fingerprint density at radius 3 is 2.47 bits per heavy atom. The summed E-state index contributed by atoms with van der Waals surface area (Å²) < 4.78 is 0. The summed E-state index contributed by atoms with van der Waals surface area (Å²) in [5, 5.41) is 3.46. The summed E-state index contributed by atoms with van der Waals surface area (Å²) in [7, 11) is 0. The van der Waals surface area contributed by atoms with Crippen molar-refractivity contribution in [2.45, 2.75) is 51.5 Å². The number of fused-ring (bicyclic) bond motifs is 1. The number of likely N-dealkylation sites (tertiary alicyclic amines) is 1. The highest BCUT2D eigenvalue weighted by Crippen LogP contribution is 2.42. The molecular formula is C15H24N2O2. The van der Waals surface area contributed by atoms with Crippen LogP contribution < -0.4 is 5.32 Å². The van der Waals surface area contributed by atoms with Gasteiger partial charge in [0.1, 0.15) is 0 Å². The summed E-state index contributed by atoms with van der Waals surface area (Å²) in [6.45, 7) is 3.90. The fraction of sp³-hybridized carbons (Fsp3) is 0.867. The first-order valence-corrected chi connectivity index (χ1v) is 7.75. The summed E-state index contributed by atoms with van der Waals surface area (Å²) in [6, 6.07) is 0.604. The molecule has 0 aromatic carbocycles. The summed E-state index contributed by atoms with van der Waals surface area (Å²) in [6.07, 6.45) is 6.36. The van der Waals surface area contributed by atoms with Crippen LogP contribution in [0.25, 0.3) is 0 Å². The molecule has 1 N–H and O–H groups in total. The number of hydrogen-bond acceptors (Lipinski definition) is 3. The van der Waals surface area contributed by atoms with Gasteiger partial charge in [-0.1, -0.05) is 6.92 Å². The van der Waals surface area contributed by atoms with E-state index >= 15 is 0 Å². The zero-order valence-corrected chi connectivity index (χ0v) is 11.7. The molecule has 2 amide bonds. The van der Waals surface area contributed by atoms with E-state index in [-0.39, 0.29) is 23.7 Å². The van der Waals surface area contributed by atoms with Gasteiger partial charge in [0.05, 0.1) is 11.8 Å². The third-order valence-corrected chi connectivity index (χ3v) is 5.06. The van der Waals surface area contributed by atoms with Gasteiger partial charge < -0.3 is 5.32 Å².